The van der Waals surface area contributed by atoms with E-state index in [1.165, 1.54) is 0 Å². The molecule has 0 aliphatic carbocycles. The Kier molecular flexibility index (Phi) is 5.55. The van der Waals surface area contributed by atoms with Crippen LogP contribution in [0.15, 0.2) is 24.4 Å². The number of rotatable bonds is 6. The van der Waals surface area contributed by atoms with Gasteiger partial charge in [0.05, 0.1) is 28.7 Å². The summed E-state index contributed by atoms with van der Waals surface area (Å²) in [6.07, 6.45) is 1.84. The number of hydrogen-bond acceptors (Lipinski definition) is 5. The fourth-order valence-corrected chi connectivity index (χ4v) is 2.75. The molecule has 1 aromatic carbocycles. The lowest BCUT2D eigenvalue weighted by molar-refractivity contribution is 0.0945. The first-order valence-corrected chi connectivity index (χ1v) is 7.63. The molecule has 112 valence electrons. The highest BCUT2D eigenvalue weighted by Gasteiger charge is 2.10. The van der Waals surface area contributed by atoms with Gasteiger partial charge in [0.2, 0.25) is 0 Å². The molecular weight excluding hydrogens is 310 g/mol. The van der Waals surface area contributed by atoms with Crippen molar-refractivity contribution in [2.45, 2.75) is 13.5 Å². The van der Waals surface area contributed by atoms with E-state index in [9.17, 15) is 4.79 Å². The normalized spacial score (nSPS) is 10.4. The summed E-state index contributed by atoms with van der Waals surface area (Å²) in [5.41, 5.74) is 1.23. The van der Waals surface area contributed by atoms with E-state index in [2.05, 4.69) is 15.6 Å². The Balaban J connectivity index is 1.99. The SMILES string of the molecule is Cc1ncc(CNc2ccc(C(=O)NCCO)c(Cl)c2)s1. The Labute approximate surface area is 132 Å². The van der Waals surface area contributed by atoms with Crippen LogP contribution in [0, 0.1) is 6.92 Å². The van der Waals surface area contributed by atoms with Gasteiger partial charge < -0.3 is 15.7 Å². The third kappa shape index (κ3) is 4.42. The molecule has 1 amide bonds. The topological polar surface area (TPSA) is 74.2 Å². The number of halogens is 1. The monoisotopic (exact) mass is 325 g/mol. The molecule has 0 unspecified atom stereocenters. The Hall–Kier alpha value is -1.63. The van der Waals surface area contributed by atoms with Crippen molar-refractivity contribution in [3.8, 4) is 0 Å². The van der Waals surface area contributed by atoms with Crippen LogP contribution in [0.25, 0.3) is 0 Å². The lowest BCUT2D eigenvalue weighted by atomic mass is 10.2. The zero-order valence-corrected chi connectivity index (χ0v) is 13.1. The predicted molar refractivity (Wildman–Crippen MR) is 85.0 cm³/mol. The van der Waals surface area contributed by atoms with Gasteiger partial charge in [0, 0.05) is 23.3 Å². The molecule has 5 nitrogen and oxygen atoms in total. The second-order valence-electron chi connectivity index (χ2n) is 4.37. The summed E-state index contributed by atoms with van der Waals surface area (Å²) >= 11 is 7.75. The first-order chi connectivity index (χ1) is 10.1. The number of hydrogen-bond donors (Lipinski definition) is 3. The molecule has 7 heteroatoms. The fraction of sp³-hybridized carbons (Fsp3) is 0.286. The second kappa shape index (κ2) is 7.40. The number of carbonyl (C=O) groups is 1. The fourth-order valence-electron chi connectivity index (χ4n) is 1.75. The average molecular weight is 326 g/mol. The molecule has 0 bridgehead atoms. The van der Waals surface area contributed by atoms with Crippen molar-refractivity contribution in [1.82, 2.24) is 10.3 Å². The first-order valence-electron chi connectivity index (χ1n) is 6.44. The summed E-state index contributed by atoms with van der Waals surface area (Å²) in [6, 6.07) is 5.17. The first kappa shape index (κ1) is 15.8. The number of nitrogens with zero attached hydrogens (tertiary/aromatic N) is 1. The molecule has 21 heavy (non-hydrogen) atoms. The van der Waals surface area contributed by atoms with E-state index >= 15 is 0 Å². The molecule has 0 saturated carbocycles. The summed E-state index contributed by atoms with van der Waals surface area (Å²) in [7, 11) is 0. The van der Waals surface area contributed by atoms with E-state index in [0.717, 1.165) is 15.6 Å². The van der Waals surface area contributed by atoms with Crippen LogP contribution in [-0.2, 0) is 6.54 Å². The maximum Gasteiger partial charge on any atom is 0.252 e. The van der Waals surface area contributed by atoms with Gasteiger partial charge in [-0.05, 0) is 25.1 Å². The largest absolute Gasteiger partial charge is 0.395 e. The molecule has 3 N–H and O–H groups in total. The number of aryl methyl sites for hydroxylation is 1. The number of thiazole rings is 1. The van der Waals surface area contributed by atoms with Crippen LogP contribution in [0.4, 0.5) is 5.69 Å². The van der Waals surface area contributed by atoms with Crippen molar-refractivity contribution in [3.63, 3.8) is 0 Å². The molecule has 0 spiro atoms. The summed E-state index contributed by atoms with van der Waals surface area (Å²) in [4.78, 5) is 17.1. The molecule has 0 radical (unpaired) electrons. The van der Waals surface area contributed by atoms with Gasteiger partial charge in [-0.15, -0.1) is 11.3 Å². The number of nitrogens with one attached hydrogen (secondary N) is 2. The Morgan fingerprint density at radius 2 is 2.29 bits per heavy atom. The van der Waals surface area contributed by atoms with Crippen LogP contribution in [0.5, 0.6) is 0 Å². The summed E-state index contributed by atoms with van der Waals surface area (Å²) in [6.45, 7) is 2.74. The molecule has 0 aliphatic heterocycles. The van der Waals surface area contributed by atoms with E-state index in [-0.39, 0.29) is 19.1 Å². The number of aromatic nitrogens is 1. The highest BCUT2D eigenvalue weighted by Crippen LogP contribution is 2.22. The van der Waals surface area contributed by atoms with Crippen LogP contribution in [-0.4, -0.2) is 29.1 Å². The van der Waals surface area contributed by atoms with Gasteiger partial charge in [-0.25, -0.2) is 4.98 Å². The van der Waals surface area contributed by atoms with Crippen molar-refractivity contribution >= 4 is 34.5 Å². The van der Waals surface area contributed by atoms with Crippen LogP contribution in [0.1, 0.15) is 20.2 Å². The van der Waals surface area contributed by atoms with Gasteiger partial charge in [-0.2, -0.15) is 0 Å². The number of aliphatic hydroxyl groups excluding tert-OH is 1. The lowest BCUT2D eigenvalue weighted by Gasteiger charge is -2.09. The van der Waals surface area contributed by atoms with Crippen molar-refractivity contribution < 1.29 is 9.90 Å². The van der Waals surface area contributed by atoms with Crippen molar-refractivity contribution in [1.29, 1.82) is 0 Å². The highest BCUT2D eigenvalue weighted by atomic mass is 35.5. The third-order valence-corrected chi connectivity index (χ3v) is 3.97. The second-order valence-corrected chi connectivity index (χ2v) is 6.10. The van der Waals surface area contributed by atoms with Crippen LogP contribution in [0.3, 0.4) is 0 Å². The van der Waals surface area contributed by atoms with Crippen molar-refractivity contribution in [2.75, 3.05) is 18.5 Å². The van der Waals surface area contributed by atoms with E-state index in [1.54, 1.807) is 29.5 Å². The minimum Gasteiger partial charge on any atom is -0.395 e. The minimum absolute atomic E-state index is 0.0999. The Morgan fingerprint density at radius 1 is 1.48 bits per heavy atom. The average Bonchev–Trinajstić information content (AvgIpc) is 2.88. The quantitative estimate of drug-likeness (QED) is 0.762. The molecular formula is C14H16ClN3O2S. The van der Waals surface area contributed by atoms with Gasteiger partial charge in [-0.3, -0.25) is 4.79 Å². The summed E-state index contributed by atoms with van der Waals surface area (Å²) in [5, 5.41) is 15.9. The number of benzene rings is 1. The number of carbonyl (C=O) groups excluding carboxylic acids is 1. The number of aliphatic hydroxyl groups is 1. The van der Waals surface area contributed by atoms with Crippen molar-refractivity contribution in [2.24, 2.45) is 0 Å². The molecule has 0 atom stereocenters. The zero-order valence-electron chi connectivity index (χ0n) is 11.5. The van der Waals surface area contributed by atoms with Gasteiger partial charge in [-0.1, -0.05) is 11.6 Å². The van der Waals surface area contributed by atoms with Gasteiger partial charge >= 0.3 is 0 Å². The number of anilines is 1. The highest BCUT2D eigenvalue weighted by molar-refractivity contribution is 7.11. The minimum atomic E-state index is -0.293. The standard InChI is InChI=1S/C14H16ClN3O2S/c1-9-17-7-11(21-9)8-18-10-2-3-12(13(15)6-10)14(20)16-4-5-19/h2-3,6-7,18-19H,4-5,8H2,1H3,(H,16,20). The maximum absolute atomic E-state index is 11.8. The van der Waals surface area contributed by atoms with Crippen LogP contribution >= 0.6 is 22.9 Å². The molecule has 1 heterocycles. The summed E-state index contributed by atoms with van der Waals surface area (Å²) in [5.74, 6) is -0.293. The molecule has 2 rings (SSSR count). The maximum atomic E-state index is 11.8. The van der Waals surface area contributed by atoms with Crippen molar-refractivity contribution in [3.05, 3.63) is 44.9 Å². The summed E-state index contributed by atoms with van der Waals surface area (Å²) < 4.78 is 0. The molecule has 0 fully saturated rings. The van der Waals surface area contributed by atoms with Crippen LogP contribution in [0.2, 0.25) is 5.02 Å². The van der Waals surface area contributed by atoms with E-state index < -0.39 is 0 Å². The Bertz CT molecular complexity index is 630. The van der Waals surface area contributed by atoms with E-state index in [1.807, 2.05) is 13.1 Å². The smallest absolute Gasteiger partial charge is 0.252 e. The zero-order chi connectivity index (χ0) is 15.2. The van der Waals surface area contributed by atoms with E-state index in [4.69, 9.17) is 16.7 Å². The molecule has 2 aromatic rings. The molecule has 0 saturated heterocycles. The molecule has 1 aromatic heterocycles. The van der Waals surface area contributed by atoms with Gasteiger partial charge in [0.1, 0.15) is 0 Å². The predicted octanol–water partition coefficient (Wildman–Crippen LogP) is 2.44. The number of amides is 1. The third-order valence-electron chi connectivity index (χ3n) is 2.75. The Morgan fingerprint density at radius 3 is 2.90 bits per heavy atom. The van der Waals surface area contributed by atoms with Gasteiger partial charge in [0.25, 0.3) is 5.91 Å². The van der Waals surface area contributed by atoms with Gasteiger partial charge in [0.15, 0.2) is 0 Å². The lowest BCUT2D eigenvalue weighted by Crippen LogP contribution is -2.26. The van der Waals surface area contributed by atoms with Crippen LogP contribution < -0.4 is 10.6 Å². The van der Waals surface area contributed by atoms with E-state index in [0.29, 0.717) is 17.1 Å². The molecule has 0 aliphatic rings.